The number of halogens is 4. The van der Waals surface area contributed by atoms with E-state index in [1.165, 1.54) is 5.56 Å². The molecule has 3 aromatic carbocycles. The van der Waals surface area contributed by atoms with Gasteiger partial charge in [-0.3, -0.25) is 15.5 Å². The molecule has 11 nitrogen and oxygen atoms in total. The third-order valence-electron chi connectivity index (χ3n) is 6.03. The number of carbonyl (C=O) groups is 2. The highest BCUT2D eigenvalue weighted by Gasteiger charge is 2.29. The Hall–Kier alpha value is -5.14. The van der Waals surface area contributed by atoms with Gasteiger partial charge in [-0.25, -0.2) is 22.4 Å². The van der Waals surface area contributed by atoms with Crippen molar-refractivity contribution in [3.05, 3.63) is 98.9 Å². The van der Waals surface area contributed by atoms with E-state index >= 15 is 0 Å². The summed E-state index contributed by atoms with van der Waals surface area (Å²) in [4.78, 5) is 26.5. The topological polar surface area (TPSA) is 175 Å². The molecule has 1 amide bonds. The lowest BCUT2D eigenvalue weighted by Crippen LogP contribution is -2.42. The Morgan fingerprint density at radius 2 is 1.56 bits per heavy atom. The summed E-state index contributed by atoms with van der Waals surface area (Å²) in [6.45, 7) is 2.44. The second-order valence-corrected chi connectivity index (χ2v) is 9.02. The van der Waals surface area contributed by atoms with Crippen LogP contribution in [0.1, 0.15) is 41.3 Å². The number of nitrogens with two attached hydrogens (primary N) is 1. The van der Waals surface area contributed by atoms with E-state index in [1.807, 2.05) is 24.3 Å². The van der Waals surface area contributed by atoms with Crippen molar-refractivity contribution in [3.8, 4) is 11.5 Å². The normalized spacial score (nSPS) is 11.2. The maximum atomic E-state index is 14.1. The Morgan fingerprint density at radius 3 is 2.14 bits per heavy atom. The number of esters is 1. The number of benzene rings is 3. The van der Waals surface area contributed by atoms with Crippen LogP contribution in [0.25, 0.3) is 10.4 Å². The number of nitrogens with one attached hydrogen (secondary N) is 3. The Labute approximate surface area is 243 Å². The molecule has 1 atom stereocenters. The van der Waals surface area contributed by atoms with Crippen LogP contribution in [0.4, 0.5) is 23.2 Å². The SMILES string of the molecule is CCc1ccc(COc2ccc(OC(=O)C(N)CCCNC(=N)NC(=O)c3c(F)c(F)c(N=[N+]=[N-])c(F)c3F)cc2)cc1. The molecule has 0 saturated carbocycles. The summed E-state index contributed by atoms with van der Waals surface area (Å²) in [6, 6.07) is 13.4. The van der Waals surface area contributed by atoms with Crippen molar-refractivity contribution in [2.45, 2.75) is 38.8 Å². The molecule has 0 spiro atoms. The quantitative estimate of drug-likeness (QED) is 0.0209. The summed E-state index contributed by atoms with van der Waals surface area (Å²) in [6.07, 6.45) is 1.26. The van der Waals surface area contributed by atoms with E-state index < -0.39 is 58.4 Å². The molecular weight excluding hydrogens is 574 g/mol. The lowest BCUT2D eigenvalue weighted by atomic mass is 10.1. The van der Waals surface area contributed by atoms with Crippen molar-refractivity contribution in [1.29, 1.82) is 5.41 Å². The van der Waals surface area contributed by atoms with E-state index in [2.05, 4.69) is 22.3 Å². The Morgan fingerprint density at radius 1 is 0.977 bits per heavy atom. The van der Waals surface area contributed by atoms with Crippen LogP contribution in [0.2, 0.25) is 0 Å². The van der Waals surface area contributed by atoms with Crippen LogP contribution in [-0.2, 0) is 17.8 Å². The summed E-state index contributed by atoms with van der Waals surface area (Å²) >= 11 is 0. The average molecular weight is 602 g/mol. The van der Waals surface area contributed by atoms with E-state index in [9.17, 15) is 27.2 Å². The molecule has 0 fully saturated rings. The van der Waals surface area contributed by atoms with Gasteiger partial charge in [0.1, 0.15) is 35.4 Å². The molecule has 5 N–H and O–H groups in total. The summed E-state index contributed by atoms with van der Waals surface area (Å²) in [7, 11) is 0. The molecule has 226 valence electrons. The maximum absolute atomic E-state index is 14.1. The number of hydrogen-bond acceptors (Lipinski definition) is 7. The fourth-order valence-electron chi connectivity index (χ4n) is 3.66. The van der Waals surface area contributed by atoms with Gasteiger partial charge < -0.3 is 20.5 Å². The first-order valence-corrected chi connectivity index (χ1v) is 12.9. The number of azide groups is 1. The van der Waals surface area contributed by atoms with Crippen molar-refractivity contribution >= 4 is 23.5 Å². The van der Waals surface area contributed by atoms with Crippen LogP contribution >= 0.6 is 0 Å². The van der Waals surface area contributed by atoms with Crippen molar-refractivity contribution < 1.29 is 36.6 Å². The number of ether oxygens (including phenoxy) is 2. The highest BCUT2D eigenvalue weighted by Crippen LogP contribution is 2.30. The Balaban J connectivity index is 1.41. The lowest BCUT2D eigenvalue weighted by Gasteiger charge is -2.14. The highest BCUT2D eigenvalue weighted by atomic mass is 19.2. The predicted molar refractivity (Wildman–Crippen MR) is 148 cm³/mol. The van der Waals surface area contributed by atoms with E-state index in [1.54, 1.807) is 29.6 Å². The first kappa shape index (κ1) is 32.4. The minimum atomic E-state index is -2.10. The average Bonchev–Trinajstić information content (AvgIpc) is 3.00. The van der Waals surface area contributed by atoms with Crippen LogP contribution in [0.15, 0.2) is 53.6 Å². The Kier molecular flexibility index (Phi) is 11.4. The molecule has 0 aliphatic rings. The van der Waals surface area contributed by atoms with Gasteiger partial charge in [-0.1, -0.05) is 36.3 Å². The Bertz CT molecular complexity index is 1500. The first-order valence-electron chi connectivity index (χ1n) is 12.9. The van der Waals surface area contributed by atoms with Gasteiger partial charge in [0.15, 0.2) is 29.2 Å². The number of amides is 1. The monoisotopic (exact) mass is 601 g/mol. The van der Waals surface area contributed by atoms with Crippen LogP contribution in [-0.4, -0.2) is 30.4 Å². The second-order valence-electron chi connectivity index (χ2n) is 9.02. The third kappa shape index (κ3) is 8.67. The zero-order valence-corrected chi connectivity index (χ0v) is 22.8. The number of rotatable bonds is 12. The van der Waals surface area contributed by atoms with Gasteiger partial charge in [0.05, 0.1) is 0 Å². The molecule has 0 saturated heterocycles. The summed E-state index contributed by atoms with van der Waals surface area (Å²) < 4.78 is 67.0. The molecule has 0 aliphatic heterocycles. The van der Waals surface area contributed by atoms with Gasteiger partial charge in [0.2, 0.25) is 0 Å². The van der Waals surface area contributed by atoms with E-state index in [-0.39, 0.29) is 25.1 Å². The van der Waals surface area contributed by atoms with Crippen molar-refractivity contribution in [1.82, 2.24) is 10.6 Å². The summed E-state index contributed by atoms with van der Waals surface area (Å²) in [5, 5.41) is 14.3. The zero-order chi connectivity index (χ0) is 31.5. The zero-order valence-electron chi connectivity index (χ0n) is 22.8. The third-order valence-corrected chi connectivity index (χ3v) is 6.03. The van der Waals surface area contributed by atoms with Gasteiger partial charge in [-0.15, -0.1) is 0 Å². The number of hydrogen-bond donors (Lipinski definition) is 4. The number of guanidine groups is 1. The van der Waals surface area contributed by atoms with Crippen LogP contribution in [0.3, 0.4) is 0 Å². The smallest absolute Gasteiger partial charge is 0.328 e. The van der Waals surface area contributed by atoms with Crippen LogP contribution in [0, 0.1) is 28.7 Å². The van der Waals surface area contributed by atoms with Crippen LogP contribution < -0.4 is 25.8 Å². The number of carbonyl (C=O) groups excluding carboxylic acids is 2. The molecule has 3 aromatic rings. The maximum Gasteiger partial charge on any atom is 0.328 e. The molecule has 15 heteroatoms. The molecule has 0 radical (unpaired) electrons. The highest BCUT2D eigenvalue weighted by molar-refractivity contribution is 6.05. The van der Waals surface area contributed by atoms with Crippen molar-refractivity contribution in [3.63, 3.8) is 0 Å². The molecule has 43 heavy (non-hydrogen) atoms. The van der Waals surface area contributed by atoms with Gasteiger partial charge in [-0.05, 0) is 60.2 Å². The molecule has 0 heterocycles. The minimum absolute atomic E-state index is 0.0171. The second kappa shape index (κ2) is 15.2. The fourth-order valence-corrected chi connectivity index (χ4v) is 3.66. The molecule has 0 aliphatic carbocycles. The molecule has 0 bridgehead atoms. The predicted octanol–water partition coefficient (Wildman–Crippen LogP) is 5.29. The van der Waals surface area contributed by atoms with Crippen molar-refractivity contribution in [2.75, 3.05) is 6.54 Å². The van der Waals surface area contributed by atoms with E-state index in [0.29, 0.717) is 12.4 Å². The van der Waals surface area contributed by atoms with Gasteiger partial charge in [-0.2, -0.15) is 0 Å². The summed E-state index contributed by atoms with van der Waals surface area (Å²) in [5.74, 6) is -10.6. The largest absolute Gasteiger partial charge is 0.489 e. The molecule has 3 rings (SSSR count). The lowest BCUT2D eigenvalue weighted by molar-refractivity contribution is -0.136. The molecular formula is C28H27F4N7O4. The molecule has 0 aromatic heterocycles. The van der Waals surface area contributed by atoms with Crippen molar-refractivity contribution in [2.24, 2.45) is 10.8 Å². The summed E-state index contributed by atoms with van der Waals surface area (Å²) in [5.41, 5.74) is 13.2. The minimum Gasteiger partial charge on any atom is -0.489 e. The van der Waals surface area contributed by atoms with Crippen LogP contribution in [0.5, 0.6) is 11.5 Å². The van der Waals surface area contributed by atoms with Gasteiger partial charge >= 0.3 is 5.97 Å². The number of aryl methyl sites for hydroxylation is 1. The van der Waals surface area contributed by atoms with Gasteiger partial charge in [0.25, 0.3) is 5.91 Å². The standard InChI is InChI=1S/C28H27F4N7O4/c1-2-15-5-7-16(8-6-15)14-42-17-9-11-18(12-10-17)43-27(41)19(33)4-3-13-36-28(34)37-26(40)20-21(29)23(31)25(38-39-35)24(32)22(20)30/h5-12,19H,2-4,13-14,33H2,1H3,(H3,34,36,37,40). The van der Waals surface area contributed by atoms with E-state index in [4.69, 9.17) is 26.1 Å². The van der Waals surface area contributed by atoms with E-state index in [0.717, 1.165) is 12.0 Å². The molecule has 1 unspecified atom stereocenters. The fraction of sp³-hybridized carbons (Fsp3) is 0.250. The number of nitrogens with zero attached hydrogens (tertiary/aromatic N) is 3. The first-order chi connectivity index (χ1) is 20.5. The van der Waals surface area contributed by atoms with Gasteiger partial charge in [0, 0.05) is 11.5 Å².